The first-order valence-electron chi connectivity index (χ1n) is 8.85. The number of sulfonamides is 1. The molecule has 1 aromatic carbocycles. The molecule has 0 aliphatic heterocycles. The molecule has 0 unspecified atom stereocenters. The van der Waals surface area contributed by atoms with Gasteiger partial charge < -0.3 is 5.32 Å². The smallest absolute Gasteiger partial charge is 0.261 e. The molecule has 0 bridgehead atoms. The number of benzene rings is 1. The van der Waals surface area contributed by atoms with Crippen molar-refractivity contribution in [3.63, 3.8) is 0 Å². The van der Waals surface area contributed by atoms with Gasteiger partial charge >= 0.3 is 0 Å². The number of nitrogens with zero attached hydrogens (tertiary/aromatic N) is 1. The number of anilines is 2. The summed E-state index contributed by atoms with van der Waals surface area (Å²) in [4.78, 5) is 4.62. The van der Waals surface area contributed by atoms with Crippen LogP contribution in [0.4, 0.5) is 11.5 Å². The van der Waals surface area contributed by atoms with Gasteiger partial charge in [0.1, 0.15) is 5.82 Å². The number of aryl methyl sites for hydroxylation is 1. The molecular weight excluding hydrogens is 334 g/mol. The first-order valence-corrected chi connectivity index (χ1v) is 10.3. The Morgan fingerprint density at radius 2 is 1.80 bits per heavy atom. The number of aromatic nitrogens is 1. The highest BCUT2D eigenvalue weighted by molar-refractivity contribution is 7.92. The van der Waals surface area contributed by atoms with E-state index < -0.39 is 10.0 Å². The van der Waals surface area contributed by atoms with Crippen molar-refractivity contribution in [2.24, 2.45) is 0 Å². The molecule has 3 rings (SSSR count). The van der Waals surface area contributed by atoms with Gasteiger partial charge in [0.15, 0.2) is 0 Å². The van der Waals surface area contributed by atoms with Gasteiger partial charge in [-0.3, -0.25) is 4.72 Å². The molecular formula is C19H25N3O2S. The summed E-state index contributed by atoms with van der Waals surface area (Å²) in [5.74, 6) is 0.797. The van der Waals surface area contributed by atoms with Crippen LogP contribution in [0.15, 0.2) is 47.5 Å². The number of pyridine rings is 1. The third-order valence-electron chi connectivity index (χ3n) is 4.52. The minimum absolute atomic E-state index is 0.258. The van der Waals surface area contributed by atoms with Crippen LogP contribution in [0.2, 0.25) is 0 Å². The molecule has 0 radical (unpaired) electrons. The topological polar surface area (TPSA) is 71.1 Å². The van der Waals surface area contributed by atoms with E-state index in [1.165, 1.54) is 38.5 Å². The quantitative estimate of drug-likeness (QED) is 0.780. The second-order valence-electron chi connectivity index (χ2n) is 6.69. The van der Waals surface area contributed by atoms with Crippen molar-refractivity contribution in [1.29, 1.82) is 0 Å². The van der Waals surface area contributed by atoms with E-state index in [9.17, 15) is 8.42 Å². The molecule has 1 fully saturated rings. The predicted octanol–water partition coefficient (Wildman–Crippen LogP) is 4.33. The van der Waals surface area contributed by atoms with Crippen LogP contribution >= 0.6 is 0 Å². The summed E-state index contributed by atoms with van der Waals surface area (Å²) in [6.45, 7) is 1.87. The van der Waals surface area contributed by atoms with Crippen molar-refractivity contribution in [2.75, 3.05) is 10.0 Å². The van der Waals surface area contributed by atoms with Gasteiger partial charge in [-0.25, -0.2) is 13.4 Å². The van der Waals surface area contributed by atoms with E-state index in [0.29, 0.717) is 11.7 Å². The Morgan fingerprint density at radius 1 is 1.04 bits per heavy atom. The highest BCUT2D eigenvalue weighted by atomic mass is 32.2. The van der Waals surface area contributed by atoms with Crippen LogP contribution in [0.25, 0.3) is 0 Å². The standard InChI is InChI=1S/C19H25N3O2S/c1-15-7-6-10-18(13-15)25(23,24)22-17-11-12-19(20-14-17)21-16-8-4-2-3-5-9-16/h6-7,10-14,16,22H,2-5,8-9H2,1H3,(H,20,21). The second-order valence-corrected chi connectivity index (χ2v) is 8.37. The Hall–Kier alpha value is -2.08. The van der Waals surface area contributed by atoms with Crippen LogP contribution < -0.4 is 10.0 Å². The van der Waals surface area contributed by atoms with Crippen LogP contribution in [0, 0.1) is 6.92 Å². The number of hydrogen-bond acceptors (Lipinski definition) is 4. The van der Waals surface area contributed by atoms with Gasteiger partial charge in [-0.15, -0.1) is 0 Å². The lowest BCUT2D eigenvalue weighted by Crippen LogP contribution is -2.19. The Kier molecular flexibility index (Phi) is 5.58. The normalized spacial score (nSPS) is 16.2. The van der Waals surface area contributed by atoms with E-state index in [4.69, 9.17) is 0 Å². The molecule has 2 aromatic rings. The zero-order valence-corrected chi connectivity index (χ0v) is 15.3. The zero-order chi connectivity index (χ0) is 17.7. The molecule has 1 aliphatic rings. The Labute approximate surface area is 149 Å². The van der Waals surface area contributed by atoms with Crippen LogP contribution in [-0.2, 0) is 10.0 Å². The van der Waals surface area contributed by atoms with E-state index in [2.05, 4.69) is 15.0 Å². The molecule has 6 heteroatoms. The van der Waals surface area contributed by atoms with E-state index in [1.807, 2.05) is 19.1 Å². The lowest BCUT2D eigenvalue weighted by Gasteiger charge is -2.17. The molecule has 0 atom stereocenters. The third-order valence-corrected chi connectivity index (χ3v) is 5.90. The van der Waals surface area contributed by atoms with Crippen LogP contribution in [0.5, 0.6) is 0 Å². The second kappa shape index (κ2) is 7.87. The highest BCUT2D eigenvalue weighted by Crippen LogP contribution is 2.22. The first-order chi connectivity index (χ1) is 12.0. The lowest BCUT2D eigenvalue weighted by molar-refractivity contribution is 0.601. The highest BCUT2D eigenvalue weighted by Gasteiger charge is 2.15. The Bertz CT molecular complexity index is 796. The molecule has 2 N–H and O–H groups in total. The first kappa shape index (κ1) is 17.7. The summed E-state index contributed by atoms with van der Waals surface area (Å²) in [5, 5.41) is 3.46. The largest absolute Gasteiger partial charge is 0.367 e. The summed E-state index contributed by atoms with van der Waals surface area (Å²) in [6.07, 6.45) is 9.04. The maximum absolute atomic E-state index is 12.4. The summed E-state index contributed by atoms with van der Waals surface area (Å²) < 4.78 is 27.5. The van der Waals surface area contributed by atoms with Crippen molar-refractivity contribution in [3.05, 3.63) is 48.2 Å². The van der Waals surface area contributed by atoms with E-state index in [1.54, 1.807) is 30.5 Å². The molecule has 1 heterocycles. The van der Waals surface area contributed by atoms with Crippen molar-refractivity contribution in [2.45, 2.75) is 56.4 Å². The van der Waals surface area contributed by atoms with Gasteiger partial charge in [-0.2, -0.15) is 0 Å². The molecule has 5 nitrogen and oxygen atoms in total. The minimum atomic E-state index is -3.59. The van der Waals surface area contributed by atoms with E-state index in [0.717, 1.165) is 11.4 Å². The average Bonchev–Trinajstić information content (AvgIpc) is 2.85. The summed E-state index contributed by atoms with van der Waals surface area (Å²) in [6, 6.07) is 10.9. The Morgan fingerprint density at radius 3 is 2.44 bits per heavy atom. The van der Waals surface area contributed by atoms with Crippen molar-refractivity contribution in [3.8, 4) is 0 Å². The third kappa shape index (κ3) is 4.95. The van der Waals surface area contributed by atoms with E-state index in [-0.39, 0.29) is 4.90 Å². The molecule has 0 amide bonds. The maximum atomic E-state index is 12.4. The SMILES string of the molecule is Cc1cccc(S(=O)(=O)Nc2ccc(NC3CCCCCC3)nc2)c1. The Balaban J connectivity index is 1.66. The average molecular weight is 359 g/mol. The van der Waals surface area contributed by atoms with Gasteiger partial charge in [0.05, 0.1) is 16.8 Å². The fourth-order valence-electron chi connectivity index (χ4n) is 3.17. The predicted molar refractivity (Wildman–Crippen MR) is 101 cm³/mol. The van der Waals surface area contributed by atoms with Crippen molar-refractivity contribution in [1.82, 2.24) is 4.98 Å². The monoisotopic (exact) mass is 359 g/mol. The number of rotatable bonds is 5. The van der Waals surface area contributed by atoms with Crippen LogP contribution in [-0.4, -0.2) is 19.4 Å². The van der Waals surface area contributed by atoms with Gasteiger partial charge in [0, 0.05) is 6.04 Å². The van der Waals surface area contributed by atoms with Crippen LogP contribution in [0.1, 0.15) is 44.1 Å². The van der Waals surface area contributed by atoms with Gasteiger partial charge in [-0.1, -0.05) is 37.8 Å². The molecule has 1 saturated carbocycles. The molecule has 0 saturated heterocycles. The molecule has 0 spiro atoms. The van der Waals surface area contributed by atoms with Crippen LogP contribution in [0.3, 0.4) is 0 Å². The van der Waals surface area contributed by atoms with Crippen molar-refractivity contribution >= 4 is 21.5 Å². The van der Waals surface area contributed by atoms with Gasteiger partial charge in [0.2, 0.25) is 0 Å². The minimum Gasteiger partial charge on any atom is -0.367 e. The lowest BCUT2D eigenvalue weighted by atomic mass is 10.1. The fourth-order valence-corrected chi connectivity index (χ4v) is 4.32. The summed E-state index contributed by atoms with van der Waals surface area (Å²) in [5.41, 5.74) is 1.37. The van der Waals surface area contributed by atoms with Gasteiger partial charge in [-0.05, 0) is 49.6 Å². The summed E-state index contributed by atoms with van der Waals surface area (Å²) >= 11 is 0. The number of nitrogens with one attached hydrogen (secondary N) is 2. The molecule has 1 aliphatic carbocycles. The molecule has 25 heavy (non-hydrogen) atoms. The van der Waals surface area contributed by atoms with E-state index >= 15 is 0 Å². The van der Waals surface area contributed by atoms with Crippen molar-refractivity contribution < 1.29 is 8.42 Å². The number of hydrogen-bond donors (Lipinski definition) is 2. The summed E-state index contributed by atoms with van der Waals surface area (Å²) in [7, 11) is -3.59. The zero-order valence-electron chi connectivity index (χ0n) is 14.5. The van der Waals surface area contributed by atoms with Gasteiger partial charge in [0.25, 0.3) is 10.0 Å². The fraction of sp³-hybridized carbons (Fsp3) is 0.421. The molecule has 1 aromatic heterocycles. The maximum Gasteiger partial charge on any atom is 0.261 e. The molecule has 134 valence electrons.